The number of allylic oxidation sites excluding steroid dienone is 1. The molecule has 13 nitrogen and oxygen atoms in total. The van der Waals surface area contributed by atoms with E-state index < -0.39 is 85.2 Å². The summed E-state index contributed by atoms with van der Waals surface area (Å²) < 4.78 is 11.7. The lowest BCUT2D eigenvalue weighted by Crippen LogP contribution is -2.64. The lowest BCUT2D eigenvalue weighted by molar-refractivity contribution is -0.143. The van der Waals surface area contributed by atoms with Gasteiger partial charge in [-0.2, -0.15) is 0 Å². The molecule has 280 valence electrons. The van der Waals surface area contributed by atoms with Gasteiger partial charge in [-0.3, -0.25) is 28.5 Å². The summed E-state index contributed by atoms with van der Waals surface area (Å²) in [5.74, 6) is -6.24. The highest BCUT2D eigenvalue weighted by atomic mass is 31.2. The molecule has 5 rings (SSSR count). The zero-order chi connectivity index (χ0) is 38.2. The van der Waals surface area contributed by atoms with E-state index in [1.165, 1.54) is 12.1 Å². The molecule has 4 amide bonds. The van der Waals surface area contributed by atoms with Crippen LogP contribution in [0.2, 0.25) is 0 Å². The van der Waals surface area contributed by atoms with Gasteiger partial charge < -0.3 is 36.6 Å². The Morgan fingerprint density at radius 3 is 1.91 bits per heavy atom. The fourth-order valence-electron chi connectivity index (χ4n) is 7.46. The molecule has 1 aliphatic carbocycles. The number of aliphatic carboxylic acids is 1. The molecule has 0 saturated heterocycles. The number of amides is 4. The lowest BCUT2D eigenvalue weighted by Gasteiger charge is -2.40. The van der Waals surface area contributed by atoms with E-state index in [0.29, 0.717) is 35.1 Å². The second-order valence-electron chi connectivity index (χ2n) is 13.9. The summed E-state index contributed by atoms with van der Waals surface area (Å²) in [7, 11) is -4.39. The molecular formula is C39H45N4O9P. The first kappa shape index (κ1) is 39.1. The number of primary amides is 1. The van der Waals surface area contributed by atoms with Crippen molar-refractivity contribution in [3.8, 4) is 0 Å². The van der Waals surface area contributed by atoms with Gasteiger partial charge in [0.1, 0.15) is 11.6 Å². The van der Waals surface area contributed by atoms with Crippen LogP contribution < -0.4 is 21.7 Å². The molecule has 3 aromatic rings. The minimum Gasteiger partial charge on any atom is -0.481 e. The van der Waals surface area contributed by atoms with Gasteiger partial charge in [0.15, 0.2) is 0 Å². The summed E-state index contributed by atoms with van der Waals surface area (Å²) in [5.41, 5.74) is 5.00. The van der Waals surface area contributed by atoms with E-state index in [9.17, 15) is 43.4 Å². The van der Waals surface area contributed by atoms with Crippen molar-refractivity contribution in [3.63, 3.8) is 0 Å². The number of nitrogens with one attached hydrogen (secondary N) is 3. The van der Waals surface area contributed by atoms with Crippen molar-refractivity contribution in [1.82, 2.24) is 16.0 Å². The fourth-order valence-corrected chi connectivity index (χ4v) is 8.15. The van der Waals surface area contributed by atoms with E-state index in [1.807, 2.05) is 60.7 Å². The molecule has 1 aliphatic heterocycles. The minimum absolute atomic E-state index is 0.0855. The highest BCUT2D eigenvalue weighted by molar-refractivity contribution is 7.50. The number of carbonyl (C=O) groups is 5. The van der Waals surface area contributed by atoms with Gasteiger partial charge >= 0.3 is 13.6 Å². The van der Waals surface area contributed by atoms with Crippen LogP contribution in [0.1, 0.15) is 79.5 Å². The number of carboxylic acid groups (broad SMARTS) is 1. The Morgan fingerprint density at radius 1 is 0.792 bits per heavy atom. The first-order valence-corrected chi connectivity index (χ1v) is 19.4. The molecule has 2 aliphatic rings. The molecule has 14 heteroatoms. The van der Waals surface area contributed by atoms with Crippen molar-refractivity contribution in [1.29, 1.82) is 0 Å². The number of carboxylic acids is 1. The molecule has 1 fully saturated rings. The quantitative estimate of drug-likeness (QED) is 0.125. The van der Waals surface area contributed by atoms with Crippen LogP contribution in [-0.4, -0.2) is 56.1 Å². The van der Waals surface area contributed by atoms with Crippen molar-refractivity contribution in [2.45, 2.75) is 80.6 Å². The molecule has 0 radical (unpaired) electrons. The summed E-state index contributed by atoms with van der Waals surface area (Å²) in [6.07, 6.45) is 4.29. The predicted molar refractivity (Wildman–Crippen MR) is 196 cm³/mol. The van der Waals surface area contributed by atoms with E-state index in [-0.39, 0.29) is 19.3 Å². The summed E-state index contributed by atoms with van der Waals surface area (Å²) >= 11 is 0. The maximum Gasteiger partial charge on any atom is 0.329 e. The van der Waals surface area contributed by atoms with Gasteiger partial charge in [0.2, 0.25) is 23.6 Å². The SMILES string of the molecule is NC(=O)C[C@@H]1NC(=O)C2(CCCCC2)NC(=O)[C@@H](CC(=O)O)[C@@H](c2ccc(CP(=O)(O)O)cc2)/C=C/CC(c2ccccc2)(c2ccccc2)NC1=O. The van der Waals surface area contributed by atoms with Crippen molar-refractivity contribution < 1.29 is 43.4 Å². The van der Waals surface area contributed by atoms with Crippen LogP contribution in [0.25, 0.3) is 0 Å². The Kier molecular flexibility index (Phi) is 12.3. The first-order chi connectivity index (χ1) is 25.2. The summed E-state index contributed by atoms with van der Waals surface area (Å²) in [5, 5.41) is 18.9. The molecule has 8 N–H and O–H groups in total. The average Bonchev–Trinajstić information content (AvgIpc) is 3.12. The lowest BCUT2D eigenvalue weighted by atomic mass is 9.76. The van der Waals surface area contributed by atoms with Gasteiger partial charge in [-0.25, -0.2) is 0 Å². The van der Waals surface area contributed by atoms with Gasteiger partial charge in [0, 0.05) is 5.92 Å². The number of nitrogens with two attached hydrogens (primary N) is 1. The molecule has 3 atom stereocenters. The smallest absolute Gasteiger partial charge is 0.329 e. The predicted octanol–water partition coefficient (Wildman–Crippen LogP) is 3.74. The Morgan fingerprint density at radius 2 is 1.38 bits per heavy atom. The molecule has 0 aromatic heterocycles. The van der Waals surface area contributed by atoms with E-state index in [2.05, 4.69) is 16.0 Å². The standard InChI is InChI=1S/C39H45N4O9P/c40-33(44)24-32-36(48)43-39(28-11-4-1-5-12-28,29-13-6-2-7-14-29)22-10-15-30(27-18-16-26(17-19-27)25-53(50,51)52)31(23-34(45)46)35(47)42-38(37(49)41-32)20-8-3-9-21-38/h1-2,4-7,10-19,30-32H,3,8-9,20-25H2,(H2,40,44)(H,41,49)(H,42,47)(H,43,48)(H,45,46)(H2,50,51,52)/b15-10+/t30-,31+,32+/m1/s1. The Labute approximate surface area is 307 Å². The zero-order valence-electron chi connectivity index (χ0n) is 29.1. The number of benzene rings is 3. The molecule has 0 bridgehead atoms. The second-order valence-corrected chi connectivity index (χ2v) is 15.5. The second kappa shape index (κ2) is 16.7. The number of hydrogen-bond acceptors (Lipinski definition) is 6. The zero-order valence-corrected chi connectivity index (χ0v) is 30.0. The third-order valence-electron chi connectivity index (χ3n) is 10.1. The minimum atomic E-state index is -4.39. The van der Waals surface area contributed by atoms with E-state index >= 15 is 0 Å². The van der Waals surface area contributed by atoms with Crippen LogP contribution in [0.15, 0.2) is 97.1 Å². The highest BCUT2D eigenvalue weighted by Gasteiger charge is 2.46. The maximum absolute atomic E-state index is 14.4. The van der Waals surface area contributed by atoms with E-state index in [4.69, 9.17) is 5.73 Å². The fraction of sp³-hybridized carbons (Fsp3) is 0.359. The summed E-state index contributed by atoms with van der Waals surface area (Å²) in [6, 6.07) is 23.1. The summed E-state index contributed by atoms with van der Waals surface area (Å²) in [6.45, 7) is 0. The molecule has 0 unspecified atom stereocenters. The summed E-state index contributed by atoms with van der Waals surface area (Å²) in [4.78, 5) is 87.0. The van der Waals surface area contributed by atoms with Crippen LogP contribution in [-0.2, 0) is 40.2 Å². The molecule has 53 heavy (non-hydrogen) atoms. The van der Waals surface area contributed by atoms with Crippen molar-refractivity contribution in [2.24, 2.45) is 11.7 Å². The average molecular weight is 745 g/mol. The number of rotatable bonds is 9. The van der Waals surface area contributed by atoms with Gasteiger partial charge in [-0.15, -0.1) is 0 Å². The van der Waals surface area contributed by atoms with Crippen molar-refractivity contribution in [2.75, 3.05) is 0 Å². The number of carbonyl (C=O) groups excluding carboxylic acids is 4. The van der Waals surface area contributed by atoms with Gasteiger partial charge in [0.05, 0.1) is 30.5 Å². The monoisotopic (exact) mass is 744 g/mol. The Hall–Kier alpha value is -5.10. The molecule has 3 aromatic carbocycles. The first-order valence-electron chi connectivity index (χ1n) is 17.6. The van der Waals surface area contributed by atoms with Crippen LogP contribution in [0.5, 0.6) is 0 Å². The van der Waals surface area contributed by atoms with Crippen molar-refractivity contribution >= 4 is 37.2 Å². The van der Waals surface area contributed by atoms with Crippen LogP contribution in [0.3, 0.4) is 0 Å². The normalized spacial score (nSPS) is 22.8. The van der Waals surface area contributed by atoms with Crippen LogP contribution >= 0.6 is 7.60 Å². The maximum atomic E-state index is 14.4. The van der Waals surface area contributed by atoms with Gasteiger partial charge in [-0.1, -0.05) is 116 Å². The van der Waals surface area contributed by atoms with Gasteiger partial charge in [-0.05, 0) is 41.5 Å². The van der Waals surface area contributed by atoms with E-state index in [1.54, 1.807) is 24.3 Å². The van der Waals surface area contributed by atoms with Crippen LogP contribution in [0.4, 0.5) is 0 Å². The highest BCUT2D eigenvalue weighted by Crippen LogP contribution is 2.41. The molecule has 1 saturated carbocycles. The van der Waals surface area contributed by atoms with Gasteiger partial charge in [0.25, 0.3) is 0 Å². The molecule has 1 spiro atoms. The largest absolute Gasteiger partial charge is 0.481 e. The topological polar surface area (TPSA) is 225 Å². The van der Waals surface area contributed by atoms with Crippen molar-refractivity contribution in [3.05, 3.63) is 119 Å². The molecular weight excluding hydrogens is 699 g/mol. The third-order valence-corrected chi connectivity index (χ3v) is 10.9. The van der Waals surface area contributed by atoms with Crippen LogP contribution in [0, 0.1) is 5.92 Å². The van der Waals surface area contributed by atoms with E-state index in [0.717, 1.165) is 6.42 Å². The third kappa shape index (κ3) is 9.67. The molecule has 1 heterocycles. The number of hydrogen-bond donors (Lipinski definition) is 7. The Balaban J connectivity index is 1.73. The Bertz CT molecular complexity index is 1830.